The van der Waals surface area contributed by atoms with E-state index in [2.05, 4.69) is 15.6 Å². The Balaban J connectivity index is 2.00. The first-order valence-corrected chi connectivity index (χ1v) is 7.10. The number of aryl methyl sites for hydroxylation is 1. The minimum atomic E-state index is -0.0451. The third-order valence-electron chi connectivity index (χ3n) is 2.57. The Labute approximate surface area is 116 Å². The van der Waals surface area contributed by atoms with Gasteiger partial charge in [-0.3, -0.25) is 4.79 Å². The number of rotatable bonds is 5. The van der Waals surface area contributed by atoms with E-state index in [0.29, 0.717) is 18.7 Å². The van der Waals surface area contributed by atoms with E-state index in [-0.39, 0.29) is 5.91 Å². The molecule has 4 nitrogen and oxygen atoms in total. The van der Waals surface area contributed by atoms with Gasteiger partial charge in [-0.05, 0) is 32.0 Å². The molecule has 0 fully saturated rings. The van der Waals surface area contributed by atoms with Crippen molar-refractivity contribution in [1.29, 1.82) is 0 Å². The molecule has 0 radical (unpaired) electrons. The Morgan fingerprint density at radius 3 is 2.95 bits per heavy atom. The molecular weight excluding hydrogens is 258 g/mol. The maximum Gasteiger partial charge on any atom is 0.251 e. The second-order valence-electron chi connectivity index (χ2n) is 4.18. The molecule has 1 amide bonds. The quantitative estimate of drug-likeness (QED) is 0.882. The molecule has 1 aromatic heterocycles. The van der Waals surface area contributed by atoms with Crippen LogP contribution >= 0.6 is 11.3 Å². The van der Waals surface area contributed by atoms with Crippen molar-refractivity contribution in [3.05, 3.63) is 45.9 Å². The zero-order valence-corrected chi connectivity index (χ0v) is 11.9. The molecule has 0 bridgehead atoms. The van der Waals surface area contributed by atoms with Gasteiger partial charge in [-0.25, -0.2) is 4.98 Å². The summed E-state index contributed by atoms with van der Waals surface area (Å²) < 4.78 is 0. The second kappa shape index (κ2) is 6.33. The van der Waals surface area contributed by atoms with Crippen LogP contribution < -0.4 is 10.6 Å². The molecule has 100 valence electrons. The van der Waals surface area contributed by atoms with Gasteiger partial charge >= 0.3 is 0 Å². The number of hydrogen-bond donors (Lipinski definition) is 2. The van der Waals surface area contributed by atoms with E-state index >= 15 is 0 Å². The van der Waals surface area contributed by atoms with Gasteiger partial charge in [0.25, 0.3) is 5.91 Å². The average Bonchev–Trinajstić information content (AvgIpc) is 2.83. The first-order chi connectivity index (χ1) is 9.19. The molecule has 2 rings (SSSR count). The molecule has 5 heteroatoms. The van der Waals surface area contributed by atoms with Crippen LogP contribution in [0, 0.1) is 6.92 Å². The van der Waals surface area contributed by atoms with Gasteiger partial charge < -0.3 is 10.6 Å². The highest BCUT2D eigenvalue weighted by atomic mass is 32.1. The van der Waals surface area contributed by atoms with E-state index in [0.717, 1.165) is 16.4 Å². The lowest BCUT2D eigenvalue weighted by Crippen LogP contribution is -2.22. The zero-order chi connectivity index (χ0) is 13.7. The van der Waals surface area contributed by atoms with Crippen LogP contribution in [0.15, 0.2) is 29.6 Å². The van der Waals surface area contributed by atoms with Crippen molar-refractivity contribution < 1.29 is 4.79 Å². The van der Waals surface area contributed by atoms with Gasteiger partial charge in [0, 0.05) is 28.9 Å². The predicted molar refractivity (Wildman–Crippen MR) is 78.6 cm³/mol. The number of nitrogens with zero attached hydrogens (tertiary/aromatic N) is 1. The number of carbonyl (C=O) groups is 1. The zero-order valence-electron chi connectivity index (χ0n) is 11.1. The number of thiazole rings is 1. The topological polar surface area (TPSA) is 54.0 Å². The number of nitrogens with one attached hydrogen (secondary N) is 2. The number of benzene rings is 1. The van der Waals surface area contributed by atoms with Gasteiger partial charge in [0.1, 0.15) is 5.01 Å². The number of aromatic nitrogens is 1. The summed E-state index contributed by atoms with van der Waals surface area (Å²) in [6, 6.07) is 7.48. The lowest BCUT2D eigenvalue weighted by molar-refractivity contribution is 0.0956. The van der Waals surface area contributed by atoms with Crippen LogP contribution in [0.5, 0.6) is 0 Å². The number of hydrogen-bond acceptors (Lipinski definition) is 4. The smallest absolute Gasteiger partial charge is 0.251 e. The monoisotopic (exact) mass is 275 g/mol. The van der Waals surface area contributed by atoms with E-state index in [1.54, 1.807) is 11.3 Å². The van der Waals surface area contributed by atoms with E-state index in [1.165, 1.54) is 0 Å². The molecule has 0 atom stereocenters. The molecule has 0 saturated carbocycles. The minimum absolute atomic E-state index is 0.0451. The van der Waals surface area contributed by atoms with Crippen LogP contribution in [-0.4, -0.2) is 17.4 Å². The van der Waals surface area contributed by atoms with Crippen LogP contribution in [-0.2, 0) is 6.54 Å². The molecule has 0 aliphatic heterocycles. The van der Waals surface area contributed by atoms with Gasteiger partial charge in [0.2, 0.25) is 0 Å². The summed E-state index contributed by atoms with van der Waals surface area (Å²) in [5.74, 6) is -0.0451. The van der Waals surface area contributed by atoms with Crippen molar-refractivity contribution in [2.75, 3.05) is 11.9 Å². The fourth-order valence-electron chi connectivity index (χ4n) is 1.69. The molecule has 2 aromatic rings. The molecule has 0 aliphatic rings. The van der Waals surface area contributed by atoms with E-state index < -0.39 is 0 Å². The lowest BCUT2D eigenvalue weighted by atomic mass is 10.2. The van der Waals surface area contributed by atoms with Gasteiger partial charge in [0.15, 0.2) is 0 Å². The van der Waals surface area contributed by atoms with Crippen LogP contribution in [0.2, 0.25) is 0 Å². The lowest BCUT2D eigenvalue weighted by Gasteiger charge is -2.07. The summed E-state index contributed by atoms with van der Waals surface area (Å²) in [7, 11) is 0. The molecule has 19 heavy (non-hydrogen) atoms. The number of carbonyl (C=O) groups excluding carboxylic acids is 1. The Bertz CT molecular complexity index is 565. The summed E-state index contributed by atoms with van der Waals surface area (Å²) in [4.78, 5) is 16.1. The highest BCUT2D eigenvalue weighted by molar-refractivity contribution is 7.09. The molecule has 2 N–H and O–H groups in total. The third kappa shape index (κ3) is 3.79. The minimum Gasteiger partial charge on any atom is -0.379 e. The summed E-state index contributed by atoms with van der Waals surface area (Å²) in [6.45, 7) is 5.20. The number of anilines is 1. The highest BCUT2D eigenvalue weighted by Gasteiger charge is 2.05. The Kier molecular flexibility index (Phi) is 4.52. The molecule has 1 heterocycles. The first kappa shape index (κ1) is 13.5. The van der Waals surface area contributed by atoms with Crippen molar-refractivity contribution in [1.82, 2.24) is 10.3 Å². The average molecular weight is 275 g/mol. The normalized spacial score (nSPS) is 10.2. The SMILES string of the molecule is CCNC(=O)c1cccc(NCc2nc(C)cs2)c1. The highest BCUT2D eigenvalue weighted by Crippen LogP contribution is 2.14. The molecule has 0 saturated heterocycles. The van der Waals surface area contributed by atoms with E-state index in [9.17, 15) is 4.79 Å². The van der Waals surface area contributed by atoms with Crippen LogP contribution in [0.1, 0.15) is 28.0 Å². The van der Waals surface area contributed by atoms with Crippen LogP contribution in [0.25, 0.3) is 0 Å². The van der Waals surface area contributed by atoms with Crippen LogP contribution in [0.4, 0.5) is 5.69 Å². The Hall–Kier alpha value is -1.88. The van der Waals surface area contributed by atoms with Gasteiger partial charge in [-0.2, -0.15) is 0 Å². The Morgan fingerprint density at radius 2 is 2.26 bits per heavy atom. The van der Waals surface area contributed by atoms with Crippen molar-refractivity contribution in [3.63, 3.8) is 0 Å². The van der Waals surface area contributed by atoms with Crippen molar-refractivity contribution in [2.45, 2.75) is 20.4 Å². The van der Waals surface area contributed by atoms with E-state index in [1.807, 2.05) is 43.5 Å². The van der Waals surface area contributed by atoms with Crippen molar-refractivity contribution in [2.24, 2.45) is 0 Å². The molecular formula is C14H17N3OS. The standard InChI is InChI=1S/C14H17N3OS/c1-3-15-14(18)11-5-4-6-12(7-11)16-8-13-17-10(2)9-19-13/h4-7,9,16H,3,8H2,1-2H3,(H,15,18). The molecule has 1 aromatic carbocycles. The first-order valence-electron chi connectivity index (χ1n) is 6.22. The summed E-state index contributed by atoms with van der Waals surface area (Å²) in [5.41, 5.74) is 2.64. The molecule has 0 spiro atoms. The Morgan fingerprint density at radius 1 is 1.42 bits per heavy atom. The number of amides is 1. The maximum absolute atomic E-state index is 11.7. The van der Waals surface area contributed by atoms with Gasteiger partial charge in [0.05, 0.1) is 6.54 Å². The van der Waals surface area contributed by atoms with Gasteiger partial charge in [-0.1, -0.05) is 6.07 Å². The fourth-order valence-corrected chi connectivity index (χ4v) is 2.41. The predicted octanol–water partition coefficient (Wildman–Crippen LogP) is 2.81. The van der Waals surface area contributed by atoms with Gasteiger partial charge in [-0.15, -0.1) is 11.3 Å². The summed E-state index contributed by atoms with van der Waals surface area (Å²) in [5, 5.41) is 9.14. The van der Waals surface area contributed by atoms with E-state index in [4.69, 9.17) is 0 Å². The maximum atomic E-state index is 11.7. The van der Waals surface area contributed by atoms with Crippen LogP contribution in [0.3, 0.4) is 0 Å². The van der Waals surface area contributed by atoms with Crippen molar-refractivity contribution >= 4 is 22.9 Å². The summed E-state index contributed by atoms with van der Waals surface area (Å²) in [6.07, 6.45) is 0. The summed E-state index contributed by atoms with van der Waals surface area (Å²) >= 11 is 1.63. The largest absolute Gasteiger partial charge is 0.379 e. The molecule has 0 aliphatic carbocycles. The van der Waals surface area contributed by atoms with Crippen molar-refractivity contribution in [3.8, 4) is 0 Å². The fraction of sp³-hybridized carbons (Fsp3) is 0.286. The second-order valence-corrected chi connectivity index (χ2v) is 5.12. The molecule has 0 unspecified atom stereocenters. The third-order valence-corrected chi connectivity index (χ3v) is 3.54.